The summed E-state index contributed by atoms with van der Waals surface area (Å²) in [6.45, 7) is 0. The third-order valence-corrected chi connectivity index (χ3v) is 1.12. The number of rotatable bonds is 1. The summed E-state index contributed by atoms with van der Waals surface area (Å²) in [5, 5.41) is 6.89. The number of hydrogen-bond donors (Lipinski definition) is 3. The predicted octanol–water partition coefficient (Wildman–Crippen LogP) is 0.0870. The Balaban J connectivity index is 3.23. The summed E-state index contributed by atoms with van der Waals surface area (Å²) in [6, 6.07) is 2.43. The molecule has 4 nitrogen and oxygen atoms in total. The van der Waals surface area contributed by atoms with E-state index < -0.39 is 11.7 Å². The van der Waals surface area contributed by atoms with Crippen molar-refractivity contribution in [1.82, 2.24) is 4.98 Å². The Bertz CT molecular complexity index is 297. The van der Waals surface area contributed by atoms with Gasteiger partial charge in [-0.15, -0.1) is 0 Å². The molecule has 1 rings (SSSR count). The normalized spacial score (nSPS) is 9.55. The van der Waals surface area contributed by atoms with Gasteiger partial charge in [-0.05, 0) is 12.1 Å². The van der Waals surface area contributed by atoms with E-state index in [4.69, 9.17) is 16.9 Å². The van der Waals surface area contributed by atoms with Crippen molar-refractivity contribution in [3.63, 3.8) is 0 Å². The van der Waals surface area contributed by atoms with Crippen LogP contribution in [-0.4, -0.2) is 10.8 Å². The van der Waals surface area contributed by atoms with Crippen LogP contribution >= 0.6 is 0 Å². The molecule has 11 heavy (non-hydrogen) atoms. The van der Waals surface area contributed by atoms with Gasteiger partial charge in [0.25, 0.3) is 0 Å². The van der Waals surface area contributed by atoms with Gasteiger partial charge in [-0.25, -0.2) is 9.37 Å². The van der Waals surface area contributed by atoms with Crippen LogP contribution in [-0.2, 0) is 0 Å². The SMILES string of the molecule is N=C(N)c1nc(N)ccc1F. The van der Waals surface area contributed by atoms with Crippen LogP contribution in [0.5, 0.6) is 0 Å². The zero-order valence-corrected chi connectivity index (χ0v) is 5.63. The molecule has 0 spiro atoms. The predicted molar refractivity (Wildman–Crippen MR) is 39.6 cm³/mol. The number of nitrogens with one attached hydrogen (secondary N) is 1. The highest BCUT2D eigenvalue weighted by Gasteiger charge is 2.05. The van der Waals surface area contributed by atoms with Gasteiger partial charge < -0.3 is 11.5 Å². The van der Waals surface area contributed by atoms with E-state index in [0.29, 0.717) is 0 Å². The van der Waals surface area contributed by atoms with Crippen LogP contribution in [0, 0.1) is 11.2 Å². The molecule has 0 aliphatic rings. The first-order valence-corrected chi connectivity index (χ1v) is 2.87. The summed E-state index contributed by atoms with van der Waals surface area (Å²) < 4.78 is 12.7. The monoisotopic (exact) mass is 154 g/mol. The molecular weight excluding hydrogens is 147 g/mol. The van der Waals surface area contributed by atoms with E-state index in [9.17, 15) is 4.39 Å². The minimum Gasteiger partial charge on any atom is -0.384 e. The van der Waals surface area contributed by atoms with Crippen LogP contribution in [0.25, 0.3) is 0 Å². The van der Waals surface area contributed by atoms with Crippen LogP contribution in [0.1, 0.15) is 5.69 Å². The van der Waals surface area contributed by atoms with Gasteiger partial charge in [-0.1, -0.05) is 0 Å². The molecule has 0 fully saturated rings. The van der Waals surface area contributed by atoms with Gasteiger partial charge in [0.15, 0.2) is 5.82 Å². The minimum atomic E-state index is -0.633. The van der Waals surface area contributed by atoms with Crippen molar-refractivity contribution >= 4 is 11.7 Å². The molecule has 0 atom stereocenters. The first-order valence-electron chi connectivity index (χ1n) is 2.87. The summed E-state index contributed by atoms with van der Waals surface area (Å²) >= 11 is 0. The topological polar surface area (TPSA) is 88.8 Å². The smallest absolute Gasteiger partial charge is 0.152 e. The molecule has 0 amide bonds. The summed E-state index contributed by atoms with van der Waals surface area (Å²) in [7, 11) is 0. The highest BCUT2D eigenvalue weighted by Crippen LogP contribution is 2.05. The Morgan fingerprint density at radius 2 is 2.18 bits per heavy atom. The quantitative estimate of drug-likeness (QED) is 0.395. The summed E-state index contributed by atoms with van der Waals surface area (Å²) in [5.74, 6) is -0.905. The maximum Gasteiger partial charge on any atom is 0.152 e. The molecule has 1 aromatic heterocycles. The number of anilines is 1. The van der Waals surface area contributed by atoms with Crippen LogP contribution in [0.3, 0.4) is 0 Å². The third kappa shape index (κ3) is 1.43. The highest BCUT2D eigenvalue weighted by atomic mass is 19.1. The van der Waals surface area contributed by atoms with Gasteiger partial charge in [0, 0.05) is 0 Å². The molecule has 0 saturated carbocycles. The third-order valence-electron chi connectivity index (χ3n) is 1.12. The van der Waals surface area contributed by atoms with Gasteiger partial charge in [-0.2, -0.15) is 0 Å². The lowest BCUT2D eigenvalue weighted by Gasteiger charge is -1.99. The summed E-state index contributed by atoms with van der Waals surface area (Å²) in [5.41, 5.74) is 10.0. The fraction of sp³-hybridized carbons (Fsp3) is 0. The number of amidine groups is 1. The highest BCUT2D eigenvalue weighted by molar-refractivity contribution is 5.93. The standard InChI is InChI=1S/C6H7FN4/c7-3-1-2-4(8)11-5(3)6(9)10/h1-2H,(H2,8,11)(H3,9,10). The molecule has 0 unspecified atom stereocenters. The molecule has 0 radical (unpaired) electrons. The number of hydrogen-bond acceptors (Lipinski definition) is 3. The number of nitrogens with zero attached hydrogens (tertiary/aromatic N) is 1. The van der Waals surface area contributed by atoms with E-state index in [1.54, 1.807) is 0 Å². The molecular formula is C6H7FN4. The Kier molecular flexibility index (Phi) is 1.72. The van der Waals surface area contributed by atoms with Gasteiger partial charge in [0.1, 0.15) is 17.3 Å². The average Bonchev–Trinajstić information content (AvgIpc) is 1.94. The van der Waals surface area contributed by atoms with E-state index in [2.05, 4.69) is 4.98 Å². The van der Waals surface area contributed by atoms with Crippen molar-refractivity contribution in [2.24, 2.45) is 5.73 Å². The Hall–Kier alpha value is -1.65. The zero-order valence-electron chi connectivity index (χ0n) is 5.63. The molecule has 5 N–H and O–H groups in total. The molecule has 0 aliphatic carbocycles. The summed E-state index contributed by atoms with van der Waals surface area (Å²) in [6.07, 6.45) is 0. The van der Waals surface area contributed by atoms with Gasteiger partial charge in [-0.3, -0.25) is 5.41 Å². The van der Waals surface area contributed by atoms with Crippen LogP contribution in [0.4, 0.5) is 10.2 Å². The number of halogens is 1. The maximum atomic E-state index is 12.7. The molecule has 1 aromatic rings. The van der Waals surface area contributed by atoms with Crippen molar-refractivity contribution in [1.29, 1.82) is 5.41 Å². The van der Waals surface area contributed by atoms with Crippen molar-refractivity contribution in [3.05, 3.63) is 23.6 Å². The summed E-state index contributed by atoms with van der Waals surface area (Å²) in [4.78, 5) is 3.53. The second-order valence-electron chi connectivity index (χ2n) is 1.98. The number of nitrogen functional groups attached to an aromatic ring is 2. The molecule has 0 bridgehead atoms. The Morgan fingerprint density at radius 3 is 2.64 bits per heavy atom. The average molecular weight is 154 g/mol. The molecule has 5 heteroatoms. The first-order chi connectivity index (χ1) is 5.11. The van der Waals surface area contributed by atoms with Crippen LogP contribution in [0.2, 0.25) is 0 Å². The number of nitrogens with two attached hydrogens (primary N) is 2. The van der Waals surface area contributed by atoms with Gasteiger partial charge in [0.2, 0.25) is 0 Å². The van der Waals surface area contributed by atoms with Crippen molar-refractivity contribution in [2.45, 2.75) is 0 Å². The van der Waals surface area contributed by atoms with Crippen LogP contribution in [0.15, 0.2) is 12.1 Å². The Labute approximate surface area is 62.5 Å². The van der Waals surface area contributed by atoms with E-state index >= 15 is 0 Å². The lowest BCUT2D eigenvalue weighted by molar-refractivity contribution is 0.618. The van der Waals surface area contributed by atoms with Crippen molar-refractivity contribution in [3.8, 4) is 0 Å². The second kappa shape index (κ2) is 2.53. The zero-order chi connectivity index (χ0) is 8.43. The lowest BCUT2D eigenvalue weighted by atomic mass is 10.3. The van der Waals surface area contributed by atoms with E-state index in [-0.39, 0.29) is 11.5 Å². The lowest BCUT2D eigenvalue weighted by Crippen LogP contribution is -2.16. The second-order valence-corrected chi connectivity index (χ2v) is 1.98. The van der Waals surface area contributed by atoms with Crippen molar-refractivity contribution in [2.75, 3.05) is 5.73 Å². The largest absolute Gasteiger partial charge is 0.384 e. The van der Waals surface area contributed by atoms with E-state index in [1.165, 1.54) is 6.07 Å². The fourth-order valence-electron chi connectivity index (χ4n) is 0.646. The number of aromatic nitrogens is 1. The molecule has 0 aliphatic heterocycles. The molecule has 0 aromatic carbocycles. The maximum absolute atomic E-state index is 12.7. The van der Waals surface area contributed by atoms with Gasteiger partial charge in [0.05, 0.1) is 0 Å². The first kappa shape index (κ1) is 7.46. The molecule has 1 heterocycles. The minimum absolute atomic E-state index is 0.150. The number of pyridine rings is 1. The van der Waals surface area contributed by atoms with E-state index in [1.807, 2.05) is 0 Å². The van der Waals surface area contributed by atoms with Crippen molar-refractivity contribution < 1.29 is 4.39 Å². The Morgan fingerprint density at radius 1 is 1.55 bits per heavy atom. The molecule has 58 valence electrons. The fourth-order valence-corrected chi connectivity index (χ4v) is 0.646. The van der Waals surface area contributed by atoms with Gasteiger partial charge >= 0.3 is 0 Å². The van der Waals surface area contributed by atoms with Crippen LogP contribution < -0.4 is 11.5 Å². The molecule has 0 saturated heterocycles. The van der Waals surface area contributed by atoms with E-state index in [0.717, 1.165) is 6.07 Å².